The van der Waals surface area contributed by atoms with Crippen LogP contribution in [-0.2, 0) is 0 Å². The van der Waals surface area contributed by atoms with Crippen molar-refractivity contribution in [2.24, 2.45) is 0 Å². The van der Waals surface area contributed by atoms with E-state index in [1.54, 1.807) is 0 Å². The lowest BCUT2D eigenvalue weighted by Crippen LogP contribution is -2.45. The highest BCUT2D eigenvalue weighted by Gasteiger charge is 2.18. The number of anilines is 1. The molecule has 1 aromatic rings. The molecule has 1 saturated heterocycles. The van der Waals surface area contributed by atoms with Crippen molar-refractivity contribution >= 4 is 23.0 Å². The first-order valence-electron chi connectivity index (χ1n) is 6.38. The zero-order valence-corrected chi connectivity index (χ0v) is 11.6. The van der Waals surface area contributed by atoms with Crippen LogP contribution in [0.5, 0.6) is 0 Å². The van der Waals surface area contributed by atoms with Gasteiger partial charge in [0.25, 0.3) is 5.69 Å². The number of nitrogens with zero attached hydrogens (tertiary/aromatic N) is 2. The van der Waals surface area contributed by atoms with Gasteiger partial charge in [0.2, 0.25) is 0 Å². The van der Waals surface area contributed by atoms with Crippen LogP contribution in [0.4, 0.5) is 15.8 Å². The highest BCUT2D eigenvalue weighted by atomic mass is 35.5. The third-order valence-electron chi connectivity index (χ3n) is 3.19. The van der Waals surface area contributed by atoms with Gasteiger partial charge in [-0.15, -0.1) is 0 Å². The van der Waals surface area contributed by atoms with E-state index in [9.17, 15) is 14.5 Å². The van der Waals surface area contributed by atoms with E-state index in [4.69, 9.17) is 11.6 Å². The summed E-state index contributed by atoms with van der Waals surface area (Å²) in [5, 5.41) is 16.8. The average Bonchev–Trinajstić information content (AvgIpc) is 2.43. The van der Waals surface area contributed by atoms with Crippen molar-refractivity contribution in [3.8, 4) is 0 Å². The van der Waals surface area contributed by atoms with Crippen molar-refractivity contribution in [3.63, 3.8) is 0 Å². The zero-order valence-electron chi connectivity index (χ0n) is 10.9. The predicted octanol–water partition coefficient (Wildman–Crippen LogP) is 1.70. The Kier molecular flexibility index (Phi) is 5.11. The fourth-order valence-electron chi connectivity index (χ4n) is 2.11. The first-order chi connectivity index (χ1) is 9.58. The van der Waals surface area contributed by atoms with Crippen molar-refractivity contribution in [2.45, 2.75) is 0 Å². The minimum absolute atomic E-state index is 0.159. The standard InChI is InChI=1S/C12H16ClFN4O2/c13-9-7-12(18(19)20)11(8-10(9)14)16-3-6-17-4-1-15-2-5-17/h7-8,15-16H,1-6H2. The lowest BCUT2D eigenvalue weighted by atomic mass is 10.2. The van der Waals surface area contributed by atoms with Crippen LogP contribution in [0, 0.1) is 15.9 Å². The Hall–Kier alpha value is -1.44. The fourth-order valence-corrected chi connectivity index (χ4v) is 2.27. The molecule has 0 unspecified atom stereocenters. The molecule has 0 spiro atoms. The molecule has 0 atom stereocenters. The van der Waals surface area contributed by atoms with Crippen LogP contribution in [0.25, 0.3) is 0 Å². The maximum absolute atomic E-state index is 13.4. The number of piperazine rings is 1. The molecule has 0 saturated carbocycles. The number of rotatable bonds is 5. The molecule has 0 amide bonds. The van der Waals surface area contributed by atoms with Crippen LogP contribution in [0.2, 0.25) is 5.02 Å². The number of hydrogen-bond donors (Lipinski definition) is 2. The average molecular weight is 303 g/mol. The number of nitro benzene ring substituents is 1. The van der Waals surface area contributed by atoms with Crippen LogP contribution in [0.15, 0.2) is 12.1 Å². The Morgan fingerprint density at radius 2 is 2.15 bits per heavy atom. The van der Waals surface area contributed by atoms with Crippen LogP contribution in [0.1, 0.15) is 0 Å². The van der Waals surface area contributed by atoms with Gasteiger partial charge in [0, 0.05) is 51.4 Å². The first-order valence-corrected chi connectivity index (χ1v) is 6.76. The molecule has 0 radical (unpaired) electrons. The van der Waals surface area contributed by atoms with Gasteiger partial charge in [-0.1, -0.05) is 11.6 Å². The molecule has 0 aromatic heterocycles. The van der Waals surface area contributed by atoms with Gasteiger partial charge < -0.3 is 10.6 Å². The summed E-state index contributed by atoms with van der Waals surface area (Å²) < 4.78 is 13.4. The monoisotopic (exact) mass is 302 g/mol. The molecule has 20 heavy (non-hydrogen) atoms. The van der Waals surface area contributed by atoms with E-state index in [1.807, 2.05) is 0 Å². The third kappa shape index (κ3) is 3.78. The van der Waals surface area contributed by atoms with Crippen LogP contribution >= 0.6 is 11.6 Å². The van der Waals surface area contributed by atoms with Gasteiger partial charge in [-0.3, -0.25) is 15.0 Å². The molecule has 1 aromatic carbocycles. The first kappa shape index (κ1) is 15.0. The van der Waals surface area contributed by atoms with Gasteiger partial charge in [-0.2, -0.15) is 0 Å². The van der Waals surface area contributed by atoms with Gasteiger partial charge in [0.1, 0.15) is 11.5 Å². The minimum atomic E-state index is -0.665. The Labute approximate surface area is 121 Å². The lowest BCUT2D eigenvalue weighted by molar-refractivity contribution is -0.384. The third-order valence-corrected chi connectivity index (χ3v) is 3.48. The summed E-state index contributed by atoms with van der Waals surface area (Å²) in [6, 6.07) is 2.10. The molecule has 0 aliphatic carbocycles. The van der Waals surface area contributed by atoms with E-state index in [2.05, 4.69) is 15.5 Å². The maximum atomic E-state index is 13.4. The molecule has 1 aliphatic heterocycles. The van der Waals surface area contributed by atoms with Crippen LogP contribution in [-0.4, -0.2) is 49.1 Å². The largest absolute Gasteiger partial charge is 0.378 e. The van der Waals surface area contributed by atoms with E-state index in [1.165, 1.54) is 0 Å². The Morgan fingerprint density at radius 1 is 1.45 bits per heavy atom. The maximum Gasteiger partial charge on any atom is 0.294 e. The second kappa shape index (κ2) is 6.83. The zero-order chi connectivity index (χ0) is 14.5. The summed E-state index contributed by atoms with van der Waals surface area (Å²) in [6.07, 6.45) is 0. The molecule has 1 heterocycles. The number of nitro groups is 1. The van der Waals surface area contributed by atoms with Crippen LogP contribution < -0.4 is 10.6 Å². The number of benzene rings is 1. The van der Waals surface area contributed by atoms with E-state index in [0.29, 0.717) is 6.54 Å². The number of hydrogen-bond acceptors (Lipinski definition) is 5. The van der Waals surface area contributed by atoms with Crippen LogP contribution in [0.3, 0.4) is 0 Å². The van der Waals surface area contributed by atoms with Crippen molar-refractivity contribution in [1.82, 2.24) is 10.2 Å². The van der Waals surface area contributed by atoms with Gasteiger partial charge in [-0.25, -0.2) is 4.39 Å². The quantitative estimate of drug-likeness (QED) is 0.640. The normalized spacial score (nSPS) is 16.1. The summed E-state index contributed by atoms with van der Waals surface area (Å²) in [5.41, 5.74) is -0.0521. The number of nitrogens with one attached hydrogen (secondary N) is 2. The van der Waals surface area contributed by atoms with Crippen molar-refractivity contribution < 1.29 is 9.31 Å². The molecule has 2 N–H and O–H groups in total. The summed E-state index contributed by atoms with van der Waals surface area (Å²) in [5.74, 6) is -0.665. The summed E-state index contributed by atoms with van der Waals surface area (Å²) in [4.78, 5) is 12.6. The molecule has 1 fully saturated rings. The molecule has 6 nitrogen and oxygen atoms in total. The Bertz CT molecular complexity index is 495. The van der Waals surface area contributed by atoms with E-state index in [-0.39, 0.29) is 16.4 Å². The number of halogens is 2. The SMILES string of the molecule is O=[N+]([O-])c1cc(Cl)c(F)cc1NCCN1CCNCC1. The smallest absolute Gasteiger partial charge is 0.294 e. The topological polar surface area (TPSA) is 70.4 Å². The summed E-state index contributed by atoms with van der Waals surface area (Å²) in [6.45, 7) is 5.04. The minimum Gasteiger partial charge on any atom is -0.378 e. The highest BCUT2D eigenvalue weighted by Crippen LogP contribution is 2.30. The molecule has 2 rings (SSSR count). The molecule has 1 aliphatic rings. The Morgan fingerprint density at radius 3 is 2.80 bits per heavy atom. The predicted molar refractivity (Wildman–Crippen MR) is 75.9 cm³/mol. The summed E-state index contributed by atoms with van der Waals surface area (Å²) >= 11 is 5.56. The molecule has 110 valence electrons. The van der Waals surface area contributed by atoms with E-state index in [0.717, 1.165) is 44.9 Å². The van der Waals surface area contributed by atoms with Crippen molar-refractivity contribution in [1.29, 1.82) is 0 Å². The van der Waals surface area contributed by atoms with Gasteiger partial charge >= 0.3 is 0 Å². The summed E-state index contributed by atoms with van der Waals surface area (Å²) in [7, 11) is 0. The fraction of sp³-hybridized carbons (Fsp3) is 0.500. The second-order valence-corrected chi connectivity index (χ2v) is 4.97. The second-order valence-electron chi connectivity index (χ2n) is 4.56. The van der Waals surface area contributed by atoms with Gasteiger partial charge in [0.05, 0.1) is 9.95 Å². The van der Waals surface area contributed by atoms with Gasteiger partial charge in [-0.05, 0) is 0 Å². The van der Waals surface area contributed by atoms with E-state index < -0.39 is 10.7 Å². The Balaban J connectivity index is 1.97. The lowest BCUT2D eigenvalue weighted by Gasteiger charge is -2.27. The molecule has 0 bridgehead atoms. The molecule has 8 heteroatoms. The van der Waals surface area contributed by atoms with Gasteiger partial charge in [0.15, 0.2) is 0 Å². The highest BCUT2D eigenvalue weighted by molar-refractivity contribution is 6.31. The molecular formula is C12H16ClFN4O2. The van der Waals surface area contributed by atoms with Crippen molar-refractivity contribution in [2.75, 3.05) is 44.6 Å². The van der Waals surface area contributed by atoms with Crippen molar-refractivity contribution in [3.05, 3.63) is 33.1 Å². The molecular weight excluding hydrogens is 287 g/mol. The van der Waals surface area contributed by atoms with E-state index >= 15 is 0 Å².